The number of alkyl halides is 1. The molecule has 7 heteroatoms. The van der Waals surface area contributed by atoms with Gasteiger partial charge in [-0.25, -0.2) is 9.18 Å². The molecule has 24 heavy (non-hydrogen) atoms. The van der Waals surface area contributed by atoms with Gasteiger partial charge in [-0.1, -0.05) is 6.07 Å². The molecule has 0 aromatic heterocycles. The number of piperidine rings is 1. The maximum atomic E-state index is 14.4. The molecule has 3 amide bonds. The first-order valence-electron chi connectivity index (χ1n) is 8.19. The summed E-state index contributed by atoms with van der Waals surface area (Å²) in [5, 5.41) is 12.0. The molecule has 2 N–H and O–H groups in total. The molecule has 2 aliphatic rings. The van der Waals surface area contributed by atoms with Crippen molar-refractivity contribution in [2.24, 2.45) is 0 Å². The number of amides is 3. The summed E-state index contributed by atoms with van der Waals surface area (Å²) in [6.45, 7) is 2.72. The van der Waals surface area contributed by atoms with Crippen LogP contribution in [0.25, 0.3) is 0 Å². The lowest BCUT2D eigenvalue weighted by Gasteiger charge is -2.36. The molecule has 6 nitrogen and oxygen atoms in total. The molecule has 1 unspecified atom stereocenters. The Balaban J connectivity index is 1.86. The van der Waals surface area contributed by atoms with Crippen molar-refractivity contribution in [1.82, 2.24) is 10.2 Å². The Bertz CT molecular complexity index is 666. The summed E-state index contributed by atoms with van der Waals surface area (Å²) in [5.74, 6) is -0.260. The van der Waals surface area contributed by atoms with Crippen LogP contribution in [-0.2, 0) is 0 Å². The SMILES string of the molecule is Cc1c(C(=O)N2CCCC(F)(CO)C2)cccc1N1CCNC1=O. The van der Waals surface area contributed by atoms with E-state index in [2.05, 4.69) is 5.32 Å². The van der Waals surface area contributed by atoms with Gasteiger partial charge in [0.2, 0.25) is 0 Å². The molecule has 2 heterocycles. The highest BCUT2D eigenvalue weighted by Gasteiger charge is 2.37. The highest BCUT2D eigenvalue weighted by molar-refractivity contribution is 6.00. The topological polar surface area (TPSA) is 72.9 Å². The zero-order valence-electron chi connectivity index (χ0n) is 13.7. The van der Waals surface area contributed by atoms with Crippen molar-refractivity contribution in [3.8, 4) is 0 Å². The number of carbonyl (C=O) groups is 2. The first-order valence-corrected chi connectivity index (χ1v) is 8.19. The molecular weight excluding hydrogens is 313 g/mol. The smallest absolute Gasteiger partial charge is 0.322 e. The number of likely N-dealkylation sites (tertiary alicyclic amines) is 1. The predicted octanol–water partition coefficient (Wildman–Crippen LogP) is 1.46. The molecule has 0 spiro atoms. The zero-order chi connectivity index (χ0) is 17.3. The van der Waals surface area contributed by atoms with Crippen molar-refractivity contribution >= 4 is 17.6 Å². The van der Waals surface area contributed by atoms with E-state index < -0.39 is 12.3 Å². The molecule has 2 saturated heterocycles. The summed E-state index contributed by atoms with van der Waals surface area (Å²) in [4.78, 5) is 27.8. The number of hydrogen-bond acceptors (Lipinski definition) is 3. The number of carbonyl (C=O) groups excluding carboxylic acids is 2. The van der Waals surface area contributed by atoms with Crippen LogP contribution in [0.15, 0.2) is 18.2 Å². The van der Waals surface area contributed by atoms with E-state index >= 15 is 0 Å². The molecule has 2 aliphatic heterocycles. The van der Waals surface area contributed by atoms with Gasteiger partial charge >= 0.3 is 6.03 Å². The van der Waals surface area contributed by atoms with Gasteiger partial charge in [0.05, 0.1) is 13.2 Å². The fourth-order valence-corrected chi connectivity index (χ4v) is 3.41. The van der Waals surface area contributed by atoms with E-state index in [1.807, 2.05) is 0 Å². The van der Waals surface area contributed by atoms with Crippen molar-refractivity contribution in [1.29, 1.82) is 0 Å². The van der Waals surface area contributed by atoms with Crippen LogP contribution in [0.1, 0.15) is 28.8 Å². The standard InChI is InChI=1S/C17H22FN3O3/c1-12-13(4-2-5-14(12)21-9-7-19-16(21)24)15(23)20-8-3-6-17(18,10-20)11-22/h2,4-5,22H,3,6-11H2,1H3,(H,19,24). The molecule has 130 valence electrons. The monoisotopic (exact) mass is 335 g/mol. The number of rotatable bonds is 3. The second-order valence-electron chi connectivity index (χ2n) is 6.47. The van der Waals surface area contributed by atoms with Crippen molar-refractivity contribution < 1.29 is 19.1 Å². The number of anilines is 1. The minimum absolute atomic E-state index is 0.101. The summed E-state index contributed by atoms with van der Waals surface area (Å²) < 4.78 is 14.4. The molecular formula is C17H22FN3O3. The van der Waals surface area contributed by atoms with E-state index in [-0.39, 0.29) is 24.9 Å². The first kappa shape index (κ1) is 16.7. The summed E-state index contributed by atoms with van der Waals surface area (Å²) in [6.07, 6.45) is 0.788. The third-order valence-electron chi connectivity index (χ3n) is 4.78. The molecule has 0 radical (unpaired) electrons. The van der Waals surface area contributed by atoms with E-state index in [4.69, 9.17) is 0 Å². The van der Waals surface area contributed by atoms with Crippen LogP contribution in [0.5, 0.6) is 0 Å². The normalized spacial score (nSPS) is 24.2. The Labute approximate surface area is 140 Å². The van der Waals surface area contributed by atoms with Crippen LogP contribution < -0.4 is 10.2 Å². The van der Waals surface area contributed by atoms with Crippen LogP contribution in [0.2, 0.25) is 0 Å². The number of halogens is 1. The average Bonchev–Trinajstić information content (AvgIpc) is 3.00. The largest absolute Gasteiger partial charge is 0.393 e. The summed E-state index contributed by atoms with van der Waals surface area (Å²) in [5.41, 5.74) is 0.142. The van der Waals surface area contributed by atoms with Crippen LogP contribution in [0.3, 0.4) is 0 Å². The number of aliphatic hydroxyl groups is 1. The Morgan fingerprint density at radius 2 is 2.21 bits per heavy atom. The number of benzene rings is 1. The Morgan fingerprint density at radius 3 is 2.88 bits per heavy atom. The quantitative estimate of drug-likeness (QED) is 0.878. The van der Waals surface area contributed by atoms with E-state index in [1.54, 1.807) is 30.0 Å². The third kappa shape index (κ3) is 2.96. The maximum absolute atomic E-state index is 14.4. The van der Waals surface area contributed by atoms with Crippen LogP contribution in [-0.4, -0.2) is 60.4 Å². The minimum Gasteiger partial charge on any atom is -0.393 e. The highest BCUT2D eigenvalue weighted by Crippen LogP contribution is 2.29. The van der Waals surface area contributed by atoms with Gasteiger partial charge in [0, 0.05) is 30.9 Å². The van der Waals surface area contributed by atoms with Crippen molar-refractivity contribution in [2.75, 3.05) is 37.7 Å². The third-order valence-corrected chi connectivity index (χ3v) is 4.78. The molecule has 1 atom stereocenters. The Kier molecular flexibility index (Phi) is 4.45. The number of hydrogen-bond donors (Lipinski definition) is 2. The lowest BCUT2D eigenvalue weighted by atomic mass is 9.94. The first-order chi connectivity index (χ1) is 11.4. The number of urea groups is 1. The van der Waals surface area contributed by atoms with Crippen molar-refractivity contribution in [2.45, 2.75) is 25.4 Å². The Morgan fingerprint density at radius 1 is 1.42 bits per heavy atom. The lowest BCUT2D eigenvalue weighted by molar-refractivity contribution is 0.00171. The molecule has 0 bridgehead atoms. The lowest BCUT2D eigenvalue weighted by Crippen LogP contribution is -2.49. The number of aliphatic hydroxyl groups excluding tert-OH is 1. The Hall–Kier alpha value is -2.15. The van der Waals surface area contributed by atoms with Gasteiger partial charge in [-0.05, 0) is 37.5 Å². The summed E-state index contributed by atoms with van der Waals surface area (Å²) in [7, 11) is 0. The minimum atomic E-state index is -1.73. The van der Waals surface area contributed by atoms with E-state index in [9.17, 15) is 19.1 Å². The zero-order valence-corrected chi connectivity index (χ0v) is 13.7. The second-order valence-corrected chi connectivity index (χ2v) is 6.47. The van der Waals surface area contributed by atoms with E-state index in [0.29, 0.717) is 42.9 Å². The van der Waals surface area contributed by atoms with Crippen molar-refractivity contribution in [3.63, 3.8) is 0 Å². The highest BCUT2D eigenvalue weighted by atomic mass is 19.1. The van der Waals surface area contributed by atoms with Gasteiger partial charge in [-0.15, -0.1) is 0 Å². The van der Waals surface area contributed by atoms with Crippen molar-refractivity contribution in [3.05, 3.63) is 29.3 Å². The molecule has 2 fully saturated rings. The van der Waals surface area contributed by atoms with Gasteiger partial charge < -0.3 is 15.3 Å². The van der Waals surface area contributed by atoms with Crippen LogP contribution >= 0.6 is 0 Å². The maximum Gasteiger partial charge on any atom is 0.322 e. The van der Waals surface area contributed by atoms with Crippen LogP contribution in [0, 0.1) is 6.92 Å². The van der Waals surface area contributed by atoms with E-state index in [1.165, 1.54) is 4.90 Å². The van der Waals surface area contributed by atoms with Crippen LogP contribution in [0.4, 0.5) is 14.9 Å². The molecule has 1 aromatic rings. The fourth-order valence-electron chi connectivity index (χ4n) is 3.41. The van der Waals surface area contributed by atoms with Gasteiger partial charge in [-0.2, -0.15) is 0 Å². The molecule has 0 saturated carbocycles. The number of nitrogens with zero attached hydrogens (tertiary/aromatic N) is 2. The molecule has 1 aromatic carbocycles. The van der Waals surface area contributed by atoms with Gasteiger partial charge in [0.15, 0.2) is 5.67 Å². The van der Waals surface area contributed by atoms with Gasteiger partial charge in [0.25, 0.3) is 5.91 Å². The predicted molar refractivity (Wildman–Crippen MR) is 88.0 cm³/mol. The van der Waals surface area contributed by atoms with Gasteiger partial charge in [0.1, 0.15) is 0 Å². The molecule has 0 aliphatic carbocycles. The van der Waals surface area contributed by atoms with Gasteiger partial charge in [-0.3, -0.25) is 9.69 Å². The second kappa shape index (κ2) is 6.39. The summed E-state index contributed by atoms with van der Waals surface area (Å²) in [6, 6.07) is 5.06. The van der Waals surface area contributed by atoms with E-state index in [0.717, 1.165) is 0 Å². The number of nitrogens with one attached hydrogen (secondary N) is 1. The molecule has 3 rings (SSSR count). The average molecular weight is 335 g/mol. The summed E-state index contributed by atoms with van der Waals surface area (Å²) >= 11 is 0. The fraction of sp³-hybridized carbons (Fsp3) is 0.529.